The molecule has 3 heteroatoms. The molecule has 3 aromatic rings. The summed E-state index contributed by atoms with van der Waals surface area (Å²) in [4.78, 5) is 0. The second kappa shape index (κ2) is 6.99. The van der Waals surface area contributed by atoms with Crippen molar-refractivity contribution < 1.29 is 14.6 Å². The van der Waals surface area contributed by atoms with Crippen LogP contribution in [0.3, 0.4) is 0 Å². The van der Waals surface area contributed by atoms with Crippen LogP contribution in [0.1, 0.15) is 22.3 Å². The minimum atomic E-state index is -1.33. The Morgan fingerprint density at radius 2 is 1.32 bits per heavy atom. The summed E-state index contributed by atoms with van der Waals surface area (Å²) in [7, 11) is 3.24. The second-order valence-corrected chi connectivity index (χ2v) is 5.95. The van der Waals surface area contributed by atoms with Gasteiger partial charge in [0.25, 0.3) is 0 Å². The third kappa shape index (κ3) is 2.99. The molecule has 0 radical (unpaired) electrons. The van der Waals surface area contributed by atoms with Gasteiger partial charge < -0.3 is 14.6 Å². The maximum absolute atomic E-state index is 12.0. The van der Waals surface area contributed by atoms with Crippen LogP contribution in [0, 0.1) is 6.92 Å². The van der Waals surface area contributed by atoms with Crippen LogP contribution in [0.4, 0.5) is 0 Å². The lowest BCUT2D eigenvalue weighted by atomic mass is 9.78. The van der Waals surface area contributed by atoms with Crippen molar-refractivity contribution in [3.05, 3.63) is 95.1 Å². The topological polar surface area (TPSA) is 38.7 Å². The molecular formula is C22H22O3. The summed E-state index contributed by atoms with van der Waals surface area (Å²) in [6, 6.07) is 22.9. The number of para-hydroxylation sites is 1. The van der Waals surface area contributed by atoms with Gasteiger partial charge in [-0.3, -0.25) is 0 Å². The summed E-state index contributed by atoms with van der Waals surface area (Å²) < 4.78 is 10.8. The first-order valence-corrected chi connectivity index (χ1v) is 8.17. The largest absolute Gasteiger partial charge is 0.497 e. The summed E-state index contributed by atoms with van der Waals surface area (Å²) in [5.74, 6) is 1.39. The Balaban J connectivity index is 2.29. The van der Waals surface area contributed by atoms with Crippen LogP contribution in [0.5, 0.6) is 11.5 Å². The third-order valence-corrected chi connectivity index (χ3v) is 4.54. The van der Waals surface area contributed by atoms with Gasteiger partial charge in [-0.05, 0) is 41.8 Å². The summed E-state index contributed by atoms with van der Waals surface area (Å²) in [5, 5.41) is 12.0. The molecule has 0 heterocycles. The van der Waals surface area contributed by atoms with E-state index >= 15 is 0 Å². The Bertz CT molecular complexity index is 855. The lowest BCUT2D eigenvalue weighted by Gasteiger charge is -2.32. The van der Waals surface area contributed by atoms with Gasteiger partial charge in [-0.25, -0.2) is 0 Å². The average Bonchev–Trinajstić information content (AvgIpc) is 2.68. The molecule has 0 saturated carbocycles. The van der Waals surface area contributed by atoms with E-state index in [1.54, 1.807) is 14.2 Å². The molecule has 0 unspecified atom stereocenters. The molecule has 0 bridgehead atoms. The Labute approximate surface area is 148 Å². The minimum absolute atomic E-state index is 0.643. The summed E-state index contributed by atoms with van der Waals surface area (Å²) in [6.45, 7) is 2.00. The number of benzene rings is 3. The van der Waals surface area contributed by atoms with Gasteiger partial charge in [-0.15, -0.1) is 0 Å². The molecule has 0 amide bonds. The molecule has 0 fully saturated rings. The number of aliphatic hydroxyl groups is 1. The average molecular weight is 334 g/mol. The van der Waals surface area contributed by atoms with E-state index in [1.807, 2.05) is 79.7 Å². The molecule has 3 aromatic carbocycles. The molecule has 3 nitrogen and oxygen atoms in total. The predicted octanol–water partition coefficient (Wildman–Crippen LogP) is 4.30. The minimum Gasteiger partial charge on any atom is -0.497 e. The number of methoxy groups -OCH3 is 2. The zero-order valence-corrected chi connectivity index (χ0v) is 14.7. The van der Waals surface area contributed by atoms with E-state index < -0.39 is 5.60 Å². The van der Waals surface area contributed by atoms with E-state index in [1.165, 1.54) is 0 Å². The zero-order valence-electron chi connectivity index (χ0n) is 14.7. The highest BCUT2D eigenvalue weighted by atomic mass is 16.5. The Kier molecular flexibility index (Phi) is 4.77. The molecule has 0 aliphatic carbocycles. The zero-order chi connectivity index (χ0) is 17.9. The van der Waals surface area contributed by atoms with E-state index in [0.717, 1.165) is 22.4 Å². The molecule has 1 atom stereocenters. The van der Waals surface area contributed by atoms with E-state index in [-0.39, 0.29) is 0 Å². The highest BCUT2D eigenvalue weighted by Gasteiger charge is 2.37. The monoisotopic (exact) mass is 334 g/mol. The number of hydrogen-bond donors (Lipinski definition) is 1. The fraction of sp³-hybridized carbons (Fsp3) is 0.182. The maximum Gasteiger partial charge on any atom is 0.144 e. The van der Waals surface area contributed by atoms with E-state index in [4.69, 9.17) is 9.47 Å². The normalized spacial score (nSPS) is 13.1. The van der Waals surface area contributed by atoms with Crippen molar-refractivity contribution in [1.29, 1.82) is 0 Å². The highest BCUT2D eigenvalue weighted by Crippen LogP contribution is 2.42. The molecule has 0 aromatic heterocycles. The first-order valence-electron chi connectivity index (χ1n) is 8.17. The van der Waals surface area contributed by atoms with Crippen molar-refractivity contribution >= 4 is 0 Å². The Hall–Kier alpha value is -2.78. The summed E-state index contributed by atoms with van der Waals surface area (Å²) in [5.41, 5.74) is 1.96. The fourth-order valence-corrected chi connectivity index (χ4v) is 3.21. The summed E-state index contributed by atoms with van der Waals surface area (Å²) in [6.07, 6.45) is 0. The van der Waals surface area contributed by atoms with E-state index in [0.29, 0.717) is 11.3 Å². The van der Waals surface area contributed by atoms with Crippen LogP contribution in [0.15, 0.2) is 72.8 Å². The molecule has 0 aliphatic rings. The molecule has 25 heavy (non-hydrogen) atoms. The SMILES string of the molecule is COc1ccc([C@@](O)(c2ccccc2C)c2ccccc2OC)cc1. The lowest BCUT2D eigenvalue weighted by molar-refractivity contribution is 0.121. The first kappa shape index (κ1) is 17.1. The van der Waals surface area contributed by atoms with Crippen LogP contribution < -0.4 is 9.47 Å². The van der Waals surface area contributed by atoms with Crippen molar-refractivity contribution in [3.63, 3.8) is 0 Å². The summed E-state index contributed by atoms with van der Waals surface area (Å²) >= 11 is 0. The number of rotatable bonds is 5. The molecule has 3 rings (SSSR count). The molecule has 0 spiro atoms. The van der Waals surface area contributed by atoms with Crippen LogP contribution in [0.2, 0.25) is 0 Å². The number of aryl methyl sites for hydroxylation is 1. The van der Waals surface area contributed by atoms with E-state index in [2.05, 4.69) is 0 Å². The fourth-order valence-electron chi connectivity index (χ4n) is 3.21. The molecule has 1 N–H and O–H groups in total. The number of ether oxygens (including phenoxy) is 2. The van der Waals surface area contributed by atoms with Gasteiger partial charge >= 0.3 is 0 Å². The Morgan fingerprint density at radius 3 is 1.92 bits per heavy atom. The van der Waals surface area contributed by atoms with Crippen molar-refractivity contribution in [2.75, 3.05) is 14.2 Å². The Morgan fingerprint density at radius 1 is 0.720 bits per heavy atom. The second-order valence-electron chi connectivity index (χ2n) is 5.95. The lowest BCUT2D eigenvalue weighted by Crippen LogP contribution is -2.30. The molecule has 0 aliphatic heterocycles. The van der Waals surface area contributed by atoms with Crippen LogP contribution >= 0.6 is 0 Å². The standard InChI is InChI=1S/C22H22O3/c1-16-8-4-5-9-19(16)22(23,17-12-14-18(24-2)15-13-17)20-10-6-7-11-21(20)25-3/h4-15,23H,1-3H3/t22-/m1/s1. The number of hydrogen-bond acceptors (Lipinski definition) is 3. The van der Waals surface area contributed by atoms with Crippen molar-refractivity contribution in [2.45, 2.75) is 12.5 Å². The third-order valence-electron chi connectivity index (χ3n) is 4.54. The van der Waals surface area contributed by atoms with Crippen LogP contribution in [-0.2, 0) is 5.60 Å². The quantitative estimate of drug-likeness (QED) is 0.707. The maximum atomic E-state index is 12.0. The van der Waals surface area contributed by atoms with Gasteiger partial charge in [0.2, 0.25) is 0 Å². The van der Waals surface area contributed by atoms with Crippen molar-refractivity contribution in [3.8, 4) is 11.5 Å². The molecular weight excluding hydrogens is 312 g/mol. The smallest absolute Gasteiger partial charge is 0.144 e. The van der Waals surface area contributed by atoms with Gasteiger partial charge in [0.05, 0.1) is 14.2 Å². The van der Waals surface area contributed by atoms with Gasteiger partial charge in [0.1, 0.15) is 17.1 Å². The predicted molar refractivity (Wildman–Crippen MR) is 99.3 cm³/mol. The first-order chi connectivity index (χ1) is 12.1. The highest BCUT2D eigenvalue weighted by molar-refractivity contribution is 5.54. The van der Waals surface area contributed by atoms with Crippen molar-refractivity contribution in [2.24, 2.45) is 0 Å². The van der Waals surface area contributed by atoms with Gasteiger partial charge in [0.15, 0.2) is 0 Å². The van der Waals surface area contributed by atoms with Gasteiger partial charge in [-0.1, -0.05) is 54.6 Å². The van der Waals surface area contributed by atoms with Gasteiger partial charge in [-0.2, -0.15) is 0 Å². The van der Waals surface area contributed by atoms with Crippen LogP contribution in [0.25, 0.3) is 0 Å². The molecule has 0 saturated heterocycles. The van der Waals surface area contributed by atoms with Gasteiger partial charge in [0, 0.05) is 5.56 Å². The van der Waals surface area contributed by atoms with Crippen molar-refractivity contribution in [1.82, 2.24) is 0 Å². The molecule has 128 valence electrons. The van der Waals surface area contributed by atoms with Crippen LogP contribution in [-0.4, -0.2) is 19.3 Å². The van der Waals surface area contributed by atoms with E-state index in [9.17, 15) is 5.11 Å².